The Kier molecular flexibility index (Phi) is 6.41. The van der Waals surface area contributed by atoms with Crippen molar-refractivity contribution in [1.29, 1.82) is 0 Å². The quantitative estimate of drug-likeness (QED) is 0.819. The Hall–Kier alpha value is -1.15. The van der Waals surface area contributed by atoms with E-state index < -0.39 is 10.2 Å². The molecule has 0 bridgehead atoms. The summed E-state index contributed by atoms with van der Waals surface area (Å²) in [6.45, 7) is 1.58. The standard InChI is InChI=1S/C16H27N3O3S/c1-18(2)16(14-7-9-15(22-3)10-8-14)13-17-23(20,21)19-11-5-4-6-12-19/h7-10,16-17H,4-6,11-13H2,1-3H3. The lowest BCUT2D eigenvalue weighted by atomic mass is 10.1. The van der Waals surface area contributed by atoms with Gasteiger partial charge in [-0.1, -0.05) is 18.6 Å². The van der Waals surface area contributed by atoms with Crippen LogP contribution in [0, 0.1) is 0 Å². The first-order chi connectivity index (χ1) is 10.9. The van der Waals surface area contributed by atoms with E-state index in [2.05, 4.69) is 4.72 Å². The van der Waals surface area contributed by atoms with Crippen LogP contribution in [0.2, 0.25) is 0 Å². The number of piperidine rings is 1. The first-order valence-electron chi connectivity index (χ1n) is 7.99. The molecule has 1 fully saturated rings. The van der Waals surface area contributed by atoms with Crippen LogP contribution in [-0.4, -0.2) is 58.5 Å². The highest BCUT2D eigenvalue weighted by atomic mass is 32.2. The maximum atomic E-state index is 12.4. The van der Waals surface area contributed by atoms with Gasteiger partial charge in [-0.05, 0) is 44.6 Å². The van der Waals surface area contributed by atoms with Gasteiger partial charge in [0.25, 0.3) is 10.2 Å². The van der Waals surface area contributed by atoms with Crippen molar-refractivity contribution in [3.63, 3.8) is 0 Å². The second-order valence-electron chi connectivity index (χ2n) is 6.07. The fourth-order valence-corrected chi connectivity index (χ4v) is 4.10. The molecule has 1 N–H and O–H groups in total. The van der Waals surface area contributed by atoms with Crippen molar-refractivity contribution in [2.75, 3.05) is 40.8 Å². The van der Waals surface area contributed by atoms with Crippen molar-refractivity contribution in [3.8, 4) is 5.75 Å². The second-order valence-corrected chi connectivity index (χ2v) is 7.82. The Morgan fingerprint density at radius 3 is 2.30 bits per heavy atom. The summed E-state index contributed by atoms with van der Waals surface area (Å²) in [5.74, 6) is 0.792. The number of benzene rings is 1. The van der Waals surface area contributed by atoms with Gasteiger partial charge < -0.3 is 9.64 Å². The predicted molar refractivity (Wildman–Crippen MR) is 91.8 cm³/mol. The molecule has 1 unspecified atom stereocenters. The number of methoxy groups -OCH3 is 1. The minimum absolute atomic E-state index is 0.0273. The maximum Gasteiger partial charge on any atom is 0.279 e. The molecule has 0 spiro atoms. The summed E-state index contributed by atoms with van der Waals surface area (Å²) < 4.78 is 34.3. The molecule has 0 aromatic heterocycles. The van der Waals surface area contributed by atoms with E-state index in [-0.39, 0.29) is 6.04 Å². The molecule has 1 heterocycles. The van der Waals surface area contributed by atoms with Crippen molar-refractivity contribution >= 4 is 10.2 Å². The van der Waals surface area contributed by atoms with Crippen LogP contribution < -0.4 is 9.46 Å². The minimum atomic E-state index is -3.40. The first-order valence-corrected chi connectivity index (χ1v) is 9.43. The monoisotopic (exact) mass is 341 g/mol. The number of hydrogen-bond donors (Lipinski definition) is 1. The highest BCUT2D eigenvalue weighted by molar-refractivity contribution is 7.87. The van der Waals surface area contributed by atoms with E-state index in [0.717, 1.165) is 30.6 Å². The summed E-state index contributed by atoms with van der Waals surface area (Å²) in [4.78, 5) is 2.01. The number of nitrogens with zero attached hydrogens (tertiary/aromatic N) is 2. The Balaban J connectivity index is 2.04. The van der Waals surface area contributed by atoms with Gasteiger partial charge in [0.15, 0.2) is 0 Å². The number of rotatable bonds is 7. The molecule has 1 saturated heterocycles. The summed E-state index contributed by atoms with van der Waals surface area (Å²) in [5.41, 5.74) is 1.05. The van der Waals surface area contributed by atoms with Gasteiger partial charge in [0.2, 0.25) is 0 Å². The summed E-state index contributed by atoms with van der Waals surface area (Å²) >= 11 is 0. The first kappa shape index (κ1) is 18.2. The molecule has 130 valence electrons. The fraction of sp³-hybridized carbons (Fsp3) is 0.625. The normalized spacial score (nSPS) is 18.1. The van der Waals surface area contributed by atoms with Crippen LogP contribution in [0.1, 0.15) is 30.9 Å². The molecule has 7 heteroatoms. The molecule has 0 radical (unpaired) electrons. The van der Waals surface area contributed by atoms with Crippen molar-refractivity contribution in [2.24, 2.45) is 0 Å². The highest BCUT2D eigenvalue weighted by Gasteiger charge is 2.25. The van der Waals surface area contributed by atoms with Gasteiger partial charge in [-0.25, -0.2) is 4.72 Å². The molecule has 1 atom stereocenters. The van der Waals surface area contributed by atoms with Crippen molar-refractivity contribution < 1.29 is 13.2 Å². The van der Waals surface area contributed by atoms with Crippen molar-refractivity contribution in [2.45, 2.75) is 25.3 Å². The Morgan fingerprint density at radius 2 is 1.78 bits per heavy atom. The van der Waals surface area contributed by atoms with Gasteiger partial charge >= 0.3 is 0 Å². The van der Waals surface area contributed by atoms with E-state index >= 15 is 0 Å². The van der Waals surface area contributed by atoms with Crippen LogP contribution in [-0.2, 0) is 10.2 Å². The number of nitrogens with one attached hydrogen (secondary N) is 1. The van der Waals surface area contributed by atoms with Crippen LogP contribution in [0.5, 0.6) is 5.75 Å². The van der Waals surface area contributed by atoms with E-state index in [1.807, 2.05) is 43.3 Å². The van der Waals surface area contributed by atoms with Crippen molar-refractivity contribution in [1.82, 2.24) is 13.9 Å². The average molecular weight is 341 g/mol. The maximum absolute atomic E-state index is 12.4. The SMILES string of the molecule is COc1ccc(C(CNS(=O)(=O)N2CCCCC2)N(C)C)cc1. The molecular formula is C16H27N3O3S. The molecule has 1 aliphatic heterocycles. The topological polar surface area (TPSA) is 61.9 Å². The molecule has 1 aromatic rings. The lowest BCUT2D eigenvalue weighted by Gasteiger charge is -2.29. The molecule has 0 aliphatic carbocycles. The lowest BCUT2D eigenvalue weighted by Crippen LogP contribution is -2.45. The highest BCUT2D eigenvalue weighted by Crippen LogP contribution is 2.21. The molecule has 1 aliphatic rings. The molecule has 0 amide bonds. The van der Waals surface area contributed by atoms with Crippen molar-refractivity contribution in [3.05, 3.63) is 29.8 Å². The Morgan fingerprint density at radius 1 is 1.17 bits per heavy atom. The number of hydrogen-bond acceptors (Lipinski definition) is 4. The lowest BCUT2D eigenvalue weighted by molar-refractivity contribution is 0.292. The summed E-state index contributed by atoms with van der Waals surface area (Å²) in [6, 6.07) is 7.70. The van der Waals surface area contributed by atoms with E-state index in [1.54, 1.807) is 11.4 Å². The molecule has 6 nitrogen and oxygen atoms in total. The van der Waals surface area contributed by atoms with Crippen LogP contribution in [0.3, 0.4) is 0 Å². The number of likely N-dealkylation sites (N-methyl/N-ethyl adjacent to an activating group) is 1. The molecule has 0 saturated carbocycles. The van der Waals surface area contributed by atoms with E-state index in [1.165, 1.54) is 0 Å². The van der Waals surface area contributed by atoms with Gasteiger partial charge in [0, 0.05) is 25.7 Å². The smallest absolute Gasteiger partial charge is 0.279 e. The minimum Gasteiger partial charge on any atom is -0.497 e. The average Bonchev–Trinajstić information content (AvgIpc) is 2.56. The van der Waals surface area contributed by atoms with Crippen LogP contribution in [0.25, 0.3) is 0 Å². The van der Waals surface area contributed by atoms with E-state index in [9.17, 15) is 8.42 Å². The zero-order valence-corrected chi connectivity index (χ0v) is 15.0. The van der Waals surface area contributed by atoms with E-state index in [0.29, 0.717) is 19.6 Å². The number of ether oxygens (including phenoxy) is 1. The van der Waals surface area contributed by atoms with Gasteiger partial charge in [0.05, 0.1) is 7.11 Å². The van der Waals surface area contributed by atoms with Crippen LogP contribution >= 0.6 is 0 Å². The molecular weight excluding hydrogens is 314 g/mol. The molecule has 23 heavy (non-hydrogen) atoms. The molecule has 2 rings (SSSR count). The van der Waals surface area contributed by atoms with Gasteiger partial charge in [-0.15, -0.1) is 0 Å². The van der Waals surface area contributed by atoms with Crippen LogP contribution in [0.4, 0.5) is 0 Å². The van der Waals surface area contributed by atoms with Gasteiger partial charge in [0.1, 0.15) is 5.75 Å². The Labute approximate surface area is 139 Å². The third-order valence-electron chi connectivity index (χ3n) is 4.24. The Bertz CT molecular complexity index is 581. The summed E-state index contributed by atoms with van der Waals surface area (Å²) in [5, 5.41) is 0. The fourth-order valence-electron chi connectivity index (χ4n) is 2.81. The van der Waals surface area contributed by atoms with Crippen LogP contribution in [0.15, 0.2) is 24.3 Å². The zero-order valence-electron chi connectivity index (χ0n) is 14.2. The third kappa shape index (κ3) is 4.91. The predicted octanol–water partition coefficient (Wildman–Crippen LogP) is 1.62. The summed E-state index contributed by atoms with van der Waals surface area (Å²) in [7, 11) is 2.13. The van der Waals surface area contributed by atoms with Gasteiger partial charge in [-0.3, -0.25) is 0 Å². The van der Waals surface area contributed by atoms with Gasteiger partial charge in [-0.2, -0.15) is 12.7 Å². The second kappa shape index (κ2) is 8.10. The zero-order chi connectivity index (χ0) is 16.9. The van der Waals surface area contributed by atoms with E-state index in [4.69, 9.17) is 4.74 Å². The summed E-state index contributed by atoms with van der Waals surface area (Å²) in [6.07, 6.45) is 2.99. The third-order valence-corrected chi connectivity index (χ3v) is 5.81. The molecule has 1 aromatic carbocycles. The largest absolute Gasteiger partial charge is 0.497 e.